The molecule has 0 atom stereocenters. The Morgan fingerprint density at radius 3 is 1.12 bits per heavy atom. The molecule has 0 saturated heterocycles. The van der Waals surface area contributed by atoms with Gasteiger partial charge in [0.2, 0.25) is 0 Å². The molecule has 0 unspecified atom stereocenters. The molecule has 268 valence electrons. The van der Waals surface area contributed by atoms with E-state index in [1.807, 2.05) is 24.3 Å². The third kappa shape index (κ3) is 6.17. The quantitative estimate of drug-likeness (QED) is 0.146. The van der Waals surface area contributed by atoms with Gasteiger partial charge in [0.1, 0.15) is 22.3 Å². The van der Waals surface area contributed by atoms with Crippen molar-refractivity contribution in [2.24, 2.45) is 0 Å². The standard InChI is InChI=1S/C52H38N2O2/c1-35-9-7-11-41(31-35)53(43-27-29-51-47(33-43)45-13-3-5-15-49(45)55-51)39-23-19-37(20-24-39)17-18-38-21-25-40(26-22-38)54(42-12-8-10-36(2)32-42)44-28-30-52-48(34-44)46-14-4-6-16-50(46)56-52/h3-34H,1-2H3. The molecule has 0 fully saturated rings. The van der Waals surface area contributed by atoms with Crippen LogP contribution in [0.25, 0.3) is 56.0 Å². The van der Waals surface area contributed by atoms with Gasteiger partial charge in [-0.25, -0.2) is 0 Å². The molecule has 10 aromatic rings. The molecule has 0 amide bonds. The molecule has 0 saturated carbocycles. The van der Waals surface area contributed by atoms with Crippen molar-refractivity contribution in [3.63, 3.8) is 0 Å². The summed E-state index contributed by atoms with van der Waals surface area (Å²) in [6.45, 7) is 4.27. The van der Waals surface area contributed by atoms with E-state index in [4.69, 9.17) is 8.83 Å². The van der Waals surface area contributed by atoms with Crippen molar-refractivity contribution >= 4 is 90.2 Å². The Balaban J connectivity index is 0.948. The largest absolute Gasteiger partial charge is 0.456 e. The second kappa shape index (κ2) is 13.8. The number of benzene rings is 8. The van der Waals surface area contributed by atoms with Crippen LogP contribution < -0.4 is 9.80 Å². The highest BCUT2D eigenvalue weighted by atomic mass is 16.3. The lowest BCUT2D eigenvalue weighted by atomic mass is 10.1. The maximum Gasteiger partial charge on any atom is 0.135 e. The lowest BCUT2D eigenvalue weighted by Gasteiger charge is -2.26. The molecule has 0 N–H and O–H groups in total. The van der Waals surface area contributed by atoms with Crippen LogP contribution in [0.3, 0.4) is 0 Å². The summed E-state index contributed by atoms with van der Waals surface area (Å²) >= 11 is 0. The van der Waals surface area contributed by atoms with Crippen molar-refractivity contribution in [1.29, 1.82) is 0 Å². The van der Waals surface area contributed by atoms with Crippen molar-refractivity contribution < 1.29 is 8.83 Å². The number of hydrogen-bond donors (Lipinski definition) is 0. The Morgan fingerprint density at radius 2 is 0.696 bits per heavy atom. The monoisotopic (exact) mass is 722 g/mol. The molecular weight excluding hydrogens is 685 g/mol. The summed E-state index contributed by atoms with van der Waals surface area (Å²) in [5.41, 5.74) is 14.8. The van der Waals surface area contributed by atoms with Gasteiger partial charge in [-0.2, -0.15) is 0 Å². The highest BCUT2D eigenvalue weighted by Crippen LogP contribution is 2.41. The normalized spacial score (nSPS) is 11.7. The van der Waals surface area contributed by atoms with Gasteiger partial charge >= 0.3 is 0 Å². The molecule has 4 heteroatoms. The van der Waals surface area contributed by atoms with Crippen LogP contribution in [0.5, 0.6) is 0 Å². The van der Waals surface area contributed by atoms with Crippen molar-refractivity contribution in [3.05, 3.63) is 204 Å². The number of aryl methyl sites for hydroxylation is 2. The first-order chi connectivity index (χ1) is 27.5. The van der Waals surface area contributed by atoms with E-state index in [0.717, 1.165) is 89.1 Å². The average Bonchev–Trinajstić information content (AvgIpc) is 3.79. The summed E-state index contributed by atoms with van der Waals surface area (Å²) in [5.74, 6) is 0. The van der Waals surface area contributed by atoms with Gasteiger partial charge in [-0.3, -0.25) is 0 Å². The van der Waals surface area contributed by atoms with Crippen LogP contribution >= 0.6 is 0 Å². The second-order valence-corrected chi connectivity index (χ2v) is 14.4. The van der Waals surface area contributed by atoms with Crippen LogP contribution in [-0.2, 0) is 0 Å². The van der Waals surface area contributed by atoms with Gasteiger partial charge in [-0.05, 0) is 133 Å². The fraction of sp³-hybridized carbons (Fsp3) is 0.0385. The minimum Gasteiger partial charge on any atom is -0.456 e. The van der Waals surface area contributed by atoms with Crippen molar-refractivity contribution in [2.45, 2.75) is 13.8 Å². The molecular formula is C52H38N2O2. The average molecular weight is 723 g/mol. The smallest absolute Gasteiger partial charge is 0.135 e. The predicted molar refractivity (Wildman–Crippen MR) is 235 cm³/mol. The first-order valence-corrected chi connectivity index (χ1v) is 19.0. The van der Waals surface area contributed by atoms with E-state index in [9.17, 15) is 0 Å². The van der Waals surface area contributed by atoms with Crippen LogP contribution in [-0.4, -0.2) is 0 Å². The maximum absolute atomic E-state index is 6.15. The molecule has 0 radical (unpaired) electrons. The van der Waals surface area contributed by atoms with Crippen LogP contribution in [0, 0.1) is 13.8 Å². The number of rotatable bonds is 8. The molecule has 0 bridgehead atoms. The summed E-state index contributed by atoms with van der Waals surface area (Å²) in [5, 5.41) is 4.45. The summed E-state index contributed by atoms with van der Waals surface area (Å²) in [4.78, 5) is 4.63. The third-order valence-corrected chi connectivity index (χ3v) is 10.5. The minimum atomic E-state index is 0.889. The second-order valence-electron chi connectivity index (χ2n) is 14.4. The van der Waals surface area contributed by atoms with Gasteiger partial charge in [-0.15, -0.1) is 0 Å². The summed E-state index contributed by atoms with van der Waals surface area (Å²) in [7, 11) is 0. The van der Waals surface area contributed by atoms with E-state index >= 15 is 0 Å². The van der Waals surface area contributed by atoms with Crippen LogP contribution in [0.15, 0.2) is 191 Å². The first-order valence-electron chi connectivity index (χ1n) is 19.0. The van der Waals surface area contributed by atoms with Gasteiger partial charge in [-0.1, -0.05) is 97.1 Å². The molecule has 10 rings (SSSR count). The van der Waals surface area contributed by atoms with Gasteiger partial charge in [0, 0.05) is 55.7 Å². The van der Waals surface area contributed by atoms with Gasteiger partial charge in [0.25, 0.3) is 0 Å². The number of fused-ring (bicyclic) bond motifs is 6. The van der Waals surface area contributed by atoms with Gasteiger partial charge < -0.3 is 18.6 Å². The molecule has 0 spiro atoms. The lowest BCUT2D eigenvalue weighted by molar-refractivity contribution is 0.668. The number of anilines is 6. The Bertz CT molecular complexity index is 2850. The van der Waals surface area contributed by atoms with Crippen molar-refractivity contribution in [2.75, 3.05) is 9.80 Å². The number of para-hydroxylation sites is 2. The molecule has 4 nitrogen and oxygen atoms in total. The zero-order chi connectivity index (χ0) is 37.6. The molecule has 2 heterocycles. The Kier molecular flexibility index (Phi) is 8.23. The third-order valence-electron chi connectivity index (χ3n) is 10.5. The Hall–Kier alpha value is -7.30. The topological polar surface area (TPSA) is 32.8 Å². The van der Waals surface area contributed by atoms with Gasteiger partial charge in [0.15, 0.2) is 0 Å². The minimum absolute atomic E-state index is 0.889. The lowest BCUT2D eigenvalue weighted by Crippen LogP contribution is -2.10. The van der Waals surface area contributed by atoms with E-state index in [2.05, 4.69) is 194 Å². The fourth-order valence-electron chi connectivity index (χ4n) is 7.80. The zero-order valence-electron chi connectivity index (χ0n) is 31.2. The van der Waals surface area contributed by atoms with Crippen LogP contribution in [0.4, 0.5) is 34.1 Å². The first kappa shape index (κ1) is 33.3. The molecule has 0 aliphatic heterocycles. The predicted octanol–water partition coefficient (Wildman–Crippen LogP) is 15.2. The summed E-state index contributed by atoms with van der Waals surface area (Å²) in [6, 6.07) is 64.2. The summed E-state index contributed by atoms with van der Waals surface area (Å²) in [6.07, 6.45) is 4.35. The highest BCUT2D eigenvalue weighted by Gasteiger charge is 2.17. The van der Waals surface area contributed by atoms with E-state index < -0.39 is 0 Å². The Morgan fingerprint density at radius 1 is 0.321 bits per heavy atom. The fourth-order valence-corrected chi connectivity index (χ4v) is 7.80. The zero-order valence-corrected chi connectivity index (χ0v) is 31.2. The molecule has 56 heavy (non-hydrogen) atoms. The molecule has 0 aliphatic rings. The van der Waals surface area contributed by atoms with Crippen LogP contribution in [0.1, 0.15) is 22.3 Å². The van der Waals surface area contributed by atoms with Crippen molar-refractivity contribution in [3.8, 4) is 0 Å². The maximum atomic E-state index is 6.15. The highest BCUT2D eigenvalue weighted by molar-refractivity contribution is 6.07. The number of furan rings is 2. The van der Waals surface area contributed by atoms with E-state index in [1.165, 1.54) is 11.1 Å². The van der Waals surface area contributed by atoms with E-state index in [0.29, 0.717) is 0 Å². The van der Waals surface area contributed by atoms with E-state index in [1.54, 1.807) is 0 Å². The SMILES string of the molecule is Cc1cccc(N(c2ccc(C=Cc3ccc(N(c4cccc(C)c4)c4ccc5oc6ccccc6c5c4)cc3)cc2)c2ccc3oc4ccccc4c3c2)c1. The molecule has 0 aliphatic carbocycles. The summed E-state index contributed by atoms with van der Waals surface area (Å²) < 4.78 is 12.3. The number of hydrogen-bond acceptors (Lipinski definition) is 4. The van der Waals surface area contributed by atoms with E-state index in [-0.39, 0.29) is 0 Å². The van der Waals surface area contributed by atoms with Crippen LogP contribution in [0.2, 0.25) is 0 Å². The Labute approximate surface area is 325 Å². The van der Waals surface area contributed by atoms with Crippen molar-refractivity contribution in [1.82, 2.24) is 0 Å². The molecule has 8 aromatic carbocycles. The molecule has 2 aromatic heterocycles. The number of nitrogens with zero attached hydrogens (tertiary/aromatic N) is 2. The van der Waals surface area contributed by atoms with Gasteiger partial charge in [0.05, 0.1) is 0 Å².